The maximum absolute atomic E-state index is 5.57. The lowest BCUT2D eigenvalue weighted by atomic mass is 9.67. The Hall–Kier alpha value is -4.20. The second-order valence-corrected chi connectivity index (χ2v) is 32.6. The Balaban J connectivity index is 0.000000171. The lowest BCUT2D eigenvalue weighted by molar-refractivity contribution is 0.156. The van der Waals surface area contributed by atoms with Gasteiger partial charge in [-0.05, 0) is 270 Å². The van der Waals surface area contributed by atoms with Crippen molar-refractivity contribution in [3.63, 3.8) is 0 Å². The van der Waals surface area contributed by atoms with E-state index in [4.69, 9.17) is 4.74 Å². The number of para-hydroxylation sites is 1. The molecule has 0 N–H and O–H groups in total. The number of hydrogen-bond donors (Lipinski definition) is 0. The van der Waals surface area contributed by atoms with Crippen LogP contribution in [0.5, 0.6) is 5.75 Å². The highest BCUT2D eigenvalue weighted by Crippen LogP contribution is 2.66. The van der Waals surface area contributed by atoms with Gasteiger partial charge in [-0.2, -0.15) is 11.8 Å². The van der Waals surface area contributed by atoms with Crippen molar-refractivity contribution in [1.82, 2.24) is 19.7 Å². The van der Waals surface area contributed by atoms with Crippen LogP contribution in [0.25, 0.3) is 5.57 Å². The highest BCUT2D eigenvalue weighted by molar-refractivity contribution is 7.99. The molecule has 0 spiro atoms. The number of allylic oxidation sites excluding steroid dienone is 9. The summed E-state index contributed by atoms with van der Waals surface area (Å²) in [6.07, 6.45) is 23.3. The second kappa shape index (κ2) is 36.6. The number of pyridine rings is 1. The van der Waals surface area contributed by atoms with Crippen molar-refractivity contribution in [2.24, 2.45) is 34.5 Å². The number of thioether (sulfide) groups is 1. The van der Waals surface area contributed by atoms with Gasteiger partial charge in [-0.3, -0.25) is 14.8 Å². The van der Waals surface area contributed by atoms with Gasteiger partial charge in [0.05, 0.1) is 12.3 Å². The molecule has 6 atom stereocenters. The first-order valence-electron chi connectivity index (χ1n) is 36.2. The number of piperidine rings is 3. The normalized spacial score (nSPS) is 24.8. The molecule has 91 heavy (non-hydrogen) atoms. The molecular weight excluding hydrogens is 1130 g/mol. The van der Waals surface area contributed by atoms with E-state index in [9.17, 15) is 0 Å². The molecule has 9 aliphatic rings. The predicted molar refractivity (Wildman–Crippen MR) is 401 cm³/mol. The van der Waals surface area contributed by atoms with Crippen LogP contribution in [0.3, 0.4) is 0 Å². The van der Waals surface area contributed by atoms with E-state index in [2.05, 4.69) is 232 Å². The molecule has 8 fully saturated rings. The Morgan fingerprint density at radius 2 is 1.16 bits per heavy atom. The van der Waals surface area contributed by atoms with Gasteiger partial charge in [0.2, 0.25) is 0 Å². The topological polar surface area (TPSA) is 31.8 Å². The van der Waals surface area contributed by atoms with Gasteiger partial charge in [0.15, 0.2) is 0 Å². The van der Waals surface area contributed by atoms with E-state index < -0.39 is 0 Å². The van der Waals surface area contributed by atoms with Crippen LogP contribution in [-0.4, -0.2) is 83.1 Å². The van der Waals surface area contributed by atoms with Crippen LogP contribution in [0.4, 0.5) is 0 Å². The molecule has 5 saturated heterocycles. The molecule has 6 heteroatoms. The average molecular weight is 1260 g/mol. The number of aromatic nitrogens is 1. The van der Waals surface area contributed by atoms with E-state index in [1.165, 1.54) is 179 Å². The lowest BCUT2D eigenvalue weighted by Gasteiger charge is -2.38. The van der Waals surface area contributed by atoms with Crippen molar-refractivity contribution in [2.75, 3.05) is 51.3 Å². The summed E-state index contributed by atoms with van der Waals surface area (Å²) in [6.45, 7) is 53.7. The van der Waals surface area contributed by atoms with E-state index in [0.29, 0.717) is 10.8 Å². The number of rotatable bonds is 5. The number of nitrogens with zero attached hydrogens (tertiary/aromatic N) is 4. The largest absolute Gasteiger partial charge is 0.493 e. The van der Waals surface area contributed by atoms with E-state index >= 15 is 0 Å². The quantitative estimate of drug-likeness (QED) is 0.237. The van der Waals surface area contributed by atoms with E-state index in [0.717, 1.165) is 67.6 Å². The summed E-state index contributed by atoms with van der Waals surface area (Å²) >= 11 is 2.05. The average Bonchev–Trinajstić information content (AvgIpc) is 1.57. The van der Waals surface area contributed by atoms with Crippen LogP contribution in [0.2, 0.25) is 0 Å². The molecular formula is C85H132N4OS. The third-order valence-electron chi connectivity index (χ3n) is 22.1. The summed E-state index contributed by atoms with van der Waals surface area (Å²) in [7, 11) is 2.20. The fourth-order valence-corrected chi connectivity index (χ4v) is 17.9. The fourth-order valence-electron chi connectivity index (χ4n) is 16.7. The van der Waals surface area contributed by atoms with Gasteiger partial charge in [0.1, 0.15) is 5.75 Å². The highest BCUT2D eigenvalue weighted by atomic mass is 32.2. The molecule has 6 aliphatic heterocycles. The lowest BCUT2D eigenvalue weighted by Crippen LogP contribution is -2.40. The molecule has 0 radical (unpaired) electrons. The smallest absolute Gasteiger partial charge is 0.126 e. The SMILES string of the molecule is CC(C)=C1C(C)(C)[C@H]2CC[C@]1(C)C2.CC(C)=C1CCN(C)CC1.CC(C)=C1CCN(Cc2ccccn2)CC1.CC(C)=C1CCOc2ccccc21.CC(C)=C1CCSC1.CC(C)=C1C[C@H](C)CC[C@H]1C(C)C.CC(C)=C1C[C@H]2CC[C@@H](C1)N2Cc1ccccc1. The van der Waals surface area contributed by atoms with Crippen molar-refractivity contribution in [3.05, 3.63) is 168 Å². The first-order chi connectivity index (χ1) is 43.2. The van der Waals surface area contributed by atoms with Crippen molar-refractivity contribution in [1.29, 1.82) is 0 Å². The standard InChI is InChI=1S/C17H23N.C14H20N2.C13H22.C13H24.C12H14O.C9H17N.C7H12S/c1-13(2)15-10-16-8-9-17(11-15)18(16)12-14-6-4-3-5-7-14;1-12(2)13-6-9-16(10-7-13)11-14-5-3-4-8-15-14;1-9(2)11-12(3,4)10-6-7-13(11,5)8-10;1-9(2)12-7-6-11(5)8-13(12)10(3)4;1-9(2)10-7-8-13-12-6-4-3-5-11(10)12;1-8(2)9-4-6-10(3)7-5-9;1-6(2)7-3-4-8-5-7/h3-7,16-17H,8-12H2,1-2H3;3-5,8H,6-7,9-11H2,1-2H3;10H,6-8H2,1-5H3;9,11-12H,6-8H2,1-5H3;3-6H,7-8H2,1-2H3;4-7H2,1-3H3;3-5H2,1-2H3/t16-,17+;;10-,13+;11-,12+;;;/m..01.../s1. The van der Waals surface area contributed by atoms with Gasteiger partial charge in [0, 0.05) is 75.3 Å². The second-order valence-electron chi connectivity index (χ2n) is 31.5. The third kappa shape index (κ3) is 22.7. The number of benzene rings is 2. The van der Waals surface area contributed by atoms with E-state index in [1.807, 2.05) is 24.4 Å². The predicted octanol–water partition coefficient (Wildman–Crippen LogP) is 23.5. The number of likely N-dealkylation sites (tertiary alicyclic amines) is 2. The van der Waals surface area contributed by atoms with E-state index in [-0.39, 0.29) is 0 Å². The molecule has 3 saturated carbocycles. The van der Waals surface area contributed by atoms with Crippen LogP contribution in [0.15, 0.2) is 151 Å². The van der Waals surface area contributed by atoms with Crippen LogP contribution < -0.4 is 4.74 Å². The minimum Gasteiger partial charge on any atom is -0.493 e. The van der Waals surface area contributed by atoms with Crippen molar-refractivity contribution in [3.8, 4) is 5.75 Å². The summed E-state index contributed by atoms with van der Waals surface area (Å²) in [5, 5.41) is 0. The molecule has 3 aromatic rings. The van der Waals surface area contributed by atoms with Gasteiger partial charge >= 0.3 is 0 Å². The zero-order chi connectivity index (χ0) is 66.6. The molecule has 7 heterocycles. The van der Waals surface area contributed by atoms with Crippen LogP contribution in [0, 0.1) is 34.5 Å². The van der Waals surface area contributed by atoms with Crippen LogP contribution >= 0.6 is 11.8 Å². The first-order valence-corrected chi connectivity index (χ1v) is 37.4. The van der Waals surface area contributed by atoms with Gasteiger partial charge in [0.25, 0.3) is 0 Å². The van der Waals surface area contributed by atoms with Crippen LogP contribution in [-0.2, 0) is 13.1 Å². The maximum atomic E-state index is 5.57. The fraction of sp³-hybridized carbons (Fsp3) is 0.635. The Morgan fingerprint density at radius 1 is 0.582 bits per heavy atom. The van der Waals surface area contributed by atoms with Crippen molar-refractivity contribution in [2.45, 2.75) is 266 Å². The molecule has 2 aromatic carbocycles. The summed E-state index contributed by atoms with van der Waals surface area (Å²) in [6, 6.07) is 26.9. The minimum atomic E-state index is 0.492. The Bertz CT molecular complexity index is 2920. The number of fused-ring (bicyclic) bond motifs is 5. The number of ether oxygens (including phenoxy) is 1. The highest BCUT2D eigenvalue weighted by Gasteiger charge is 2.55. The summed E-state index contributed by atoms with van der Waals surface area (Å²) in [5.74, 6) is 7.26. The Kier molecular flexibility index (Phi) is 30.5. The monoisotopic (exact) mass is 1260 g/mol. The van der Waals surface area contributed by atoms with Gasteiger partial charge in [-0.1, -0.05) is 169 Å². The third-order valence-corrected chi connectivity index (χ3v) is 23.2. The zero-order valence-corrected chi connectivity index (χ0v) is 63.1. The summed E-state index contributed by atoms with van der Waals surface area (Å²) < 4.78 is 5.57. The maximum Gasteiger partial charge on any atom is 0.126 e. The van der Waals surface area contributed by atoms with Crippen molar-refractivity contribution >= 4 is 17.3 Å². The minimum absolute atomic E-state index is 0.492. The molecule has 4 bridgehead atoms. The van der Waals surface area contributed by atoms with Gasteiger partial charge in [-0.15, -0.1) is 0 Å². The first kappa shape index (κ1) is 75.8. The zero-order valence-electron chi connectivity index (χ0n) is 62.3. The van der Waals surface area contributed by atoms with Gasteiger partial charge in [-0.25, -0.2) is 0 Å². The molecule has 1 aromatic heterocycles. The molecule has 0 amide bonds. The molecule has 12 rings (SSSR count). The van der Waals surface area contributed by atoms with Crippen LogP contribution in [0.1, 0.15) is 258 Å². The Labute approximate surface area is 564 Å². The van der Waals surface area contributed by atoms with E-state index in [1.54, 1.807) is 50.2 Å². The van der Waals surface area contributed by atoms with Gasteiger partial charge < -0.3 is 9.64 Å². The summed E-state index contributed by atoms with van der Waals surface area (Å²) in [5.41, 5.74) is 27.4. The molecule has 504 valence electrons. The summed E-state index contributed by atoms with van der Waals surface area (Å²) in [4.78, 5) is 12.0. The molecule has 0 unspecified atom stereocenters. The van der Waals surface area contributed by atoms with Crippen molar-refractivity contribution < 1.29 is 4.74 Å². The molecule has 3 aliphatic carbocycles. The molecule has 5 nitrogen and oxygen atoms in total. The Morgan fingerprint density at radius 3 is 1.65 bits per heavy atom. The number of hydrogen-bond acceptors (Lipinski definition) is 6.